The lowest BCUT2D eigenvalue weighted by atomic mass is 9.81. The molecule has 4 heteroatoms. The highest BCUT2D eigenvalue weighted by Gasteiger charge is 2.55. The first-order valence-electron chi connectivity index (χ1n) is 7.15. The molecule has 0 aromatic heterocycles. The standard InChI is InChI=1S/C17H20F2O2/c1-16(2,3)10-15(21)17(6-7-17)14(20)9-11-4-5-12(18)13(19)8-11/h4-5,8H,6-7,9-10H2,1-3H3. The van der Waals surface area contributed by atoms with Crippen molar-refractivity contribution in [3.8, 4) is 0 Å². The first kappa shape index (κ1) is 15.8. The van der Waals surface area contributed by atoms with Crippen molar-refractivity contribution >= 4 is 11.6 Å². The van der Waals surface area contributed by atoms with Crippen LogP contribution in [-0.2, 0) is 16.0 Å². The first-order chi connectivity index (χ1) is 9.64. The zero-order valence-corrected chi connectivity index (χ0v) is 12.6. The summed E-state index contributed by atoms with van der Waals surface area (Å²) < 4.78 is 26.1. The van der Waals surface area contributed by atoms with E-state index in [0.717, 1.165) is 12.1 Å². The van der Waals surface area contributed by atoms with Crippen molar-refractivity contribution in [2.75, 3.05) is 0 Å². The van der Waals surface area contributed by atoms with E-state index in [2.05, 4.69) is 0 Å². The van der Waals surface area contributed by atoms with Crippen LogP contribution in [0.1, 0.15) is 45.6 Å². The highest BCUT2D eigenvalue weighted by Crippen LogP contribution is 2.50. The third-order valence-electron chi connectivity index (χ3n) is 3.86. The largest absolute Gasteiger partial charge is 0.299 e. The van der Waals surface area contributed by atoms with Crippen molar-refractivity contribution in [2.24, 2.45) is 10.8 Å². The van der Waals surface area contributed by atoms with Crippen LogP contribution in [0.4, 0.5) is 8.78 Å². The molecule has 1 aliphatic carbocycles. The number of hydrogen-bond donors (Lipinski definition) is 0. The van der Waals surface area contributed by atoms with Crippen LogP contribution in [0.5, 0.6) is 0 Å². The Morgan fingerprint density at radius 1 is 1.10 bits per heavy atom. The van der Waals surface area contributed by atoms with Gasteiger partial charge in [-0.25, -0.2) is 8.78 Å². The molecule has 0 saturated heterocycles. The van der Waals surface area contributed by atoms with Gasteiger partial charge in [-0.2, -0.15) is 0 Å². The molecule has 0 aliphatic heterocycles. The summed E-state index contributed by atoms with van der Waals surface area (Å²) in [5, 5.41) is 0. The molecule has 2 nitrogen and oxygen atoms in total. The summed E-state index contributed by atoms with van der Waals surface area (Å²) in [6, 6.07) is 3.42. The number of rotatable bonds is 5. The number of benzene rings is 1. The molecular weight excluding hydrogens is 274 g/mol. The normalized spacial score (nSPS) is 16.6. The SMILES string of the molecule is CC(C)(C)CC(=O)C1(C(=O)Cc2ccc(F)c(F)c2)CC1. The van der Waals surface area contributed by atoms with E-state index in [-0.39, 0.29) is 23.4 Å². The van der Waals surface area contributed by atoms with Gasteiger partial charge in [-0.3, -0.25) is 9.59 Å². The van der Waals surface area contributed by atoms with Gasteiger partial charge in [-0.15, -0.1) is 0 Å². The van der Waals surface area contributed by atoms with Crippen LogP contribution in [0.15, 0.2) is 18.2 Å². The molecule has 1 aromatic rings. The number of carbonyl (C=O) groups excluding carboxylic acids is 2. The van der Waals surface area contributed by atoms with E-state index >= 15 is 0 Å². The predicted molar refractivity (Wildman–Crippen MR) is 75.8 cm³/mol. The molecule has 0 amide bonds. The highest BCUT2D eigenvalue weighted by atomic mass is 19.2. The smallest absolute Gasteiger partial charge is 0.159 e. The zero-order chi connectivity index (χ0) is 15.8. The van der Waals surface area contributed by atoms with Crippen LogP contribution in [-0.4, -0.2) is 11.6 Å². The highest BCUT2D eigenvalue weighted by molar-refractivity contribution is 6.10. The summed E-state index contributed by atoms with van der Waals surface area (Å²) in [7, 11) is 0. The van der Waals surface area contributed by atoms with Crippen molar-refractivity contribution in [1.29, 1.82) is 0 Å². The molecular formula is C17H20F2O2. The molecule has 0 bridgehead atoms. The number of Topliss-reactive ketones (excluding diaryl/α,β-unsaturated/α-hetero) is 2. The zero-order valence-electron chi connectivity index (χ0n) is 12.6. The lowest BCUT2D eigenvalue weighted by Gasteiger charge is -2.21. The van der Waals surface area contributed by atoms with E-state index in [1.807, 2.05) is 20.8 Å². The van der Waals surface area contributed by atoms with Gasteiger partial charge in [0.05, 0.1) is 5.41 Å². The Bertz CT molecular complexity index is 581. The summed E-state index contributed by atoms with van der Waals surface area (Å²) >= 11 is 0. The van der Waals surface area contributed by atoms with Crippen molar-refractivity contribution in [1.82, 2.24) is 0 Å². The van der Waals surface area contributed by atoms with Gasteiger partial charge in [0, 0.05) is 12.8 Å². The van der Waals surface area contributed by atoms with Gasteiger partial charge in [0.2, 0.25) is 0 Å². The van der Waals surface area contributed by atoms with Gasteiger partial charge in [0.1, 0.15) is 5.78 Å². The summed E-state index contributed by atoms with van der Waals surface area (Å²) in [6.07, 6.45) is 1.48. The maximum atomic E-state index is 13.2. The first-order valence-corrected chi connectivity index (χ1v) is 7.15. The van der Waals surface area contributed by atoms with Gasteiger partial charge in [-0.05, 0) is 36.0 Å². The van der Waals surface area contributed by atoms with Gasteiger partial charge < -0.3 is 0 Å². The molecule has 0 atom stereocenters. The summed E-state index contributed by atoms with van der Waals surface area (Å²) in [5.41, 5.74) is -0.624. The molecule has 0 unspecified atom stereocenters. The molecule has 1 aliphatic rings. The van der Waals surface area contributed by atoms with Crippen LogP contribution >= 0.6 is 0 Å². The van der Waals surface area contributed by atoms with Crippen LogP contribution < -0.4 is 0 Å². The van der Waals surface area contributed by atoms with E-state index in [0.29, 0.717) is 24.8 Å². The van der Waals surface area contributed by atoms with Crippen LogP contribution in [0.25, 0.3) is 0 Å². The Labute approximate surface area is 123 Å². The molecule has 21 heavy (non-hydrogen) atoms. The Morgan fingerprint density at radius 2 is 1.71 bits per heavy atom. The predicted octanol–water partition coefficient (Wildman–Crippen LogP) is 3.86. The minimum Gasteiger partial charge on any atom is -0.299 e. The Hall–Kier alpha value is -1.58. The van der Waals surface area contributed by atoms with Gasteiger partial charge in [-0.1, -0.05) is 26.8 Å². The molecule has 0 radical (unpaired) electrons. The van der Waals surface area contributed by atoms with E-state index in [1.165, 1.54) is 6.07 Å². The van der Waals surface area contributed by atoms with Crippen LogP contribution in [0.2, 0.25) is 0 Å². The van der Waals surface area contributed by atoms with Crippen molar-refractivity contribution in [3.05, 3.63) is 35.4 Å². The average molecular weight is 294 g/mol. The topological polar surface area (TPSA) is 34.1 Å². The van der Waals surface area contributed by atoms with Crippen LogP contribution in [0, 0.1) is 22.5 Å². The number of carbonyl (C=O) groups is 2. The second-order valence-electron chi connectivity index (χ2n) is 7.09. The fourth-order valence-electron chi connectivity index (χ4n) is 2.49. The summed E-state index contributed by atoms with van der Waals surface area (Å²) in [5.74, 6) is -2.10. The minimum absolute atomic E-state index is 0.0208. The quantitative estimate of drug-likeness (QED) is 0.773. The lowest BCUT2D eigenvalue weighted by molar-refractivity contribution is -0.135. The molecule has 1 saturated carbocycles. The number of ketones is 2. The Kier molecular flexibility index (Phi) is 4.00. The number of hydrogen-bond acceptors (Lipinski definition) is 2. The molecule has 0 N–H and O–H groups in total. The lowest BCUT2D eigenvalue weighted by Crippen LogP contribution is -2.30. The fourth-order valence-corrected chi connectivity index (χ4v) is 2.49. The van der Waals surface area contributed by atoms with Crippen molar-refractivity contribution in [3.63, 3.8) is 0 Å². The molecule has 0 spiro atoms. The molecule has 1 fully saturated rings. The third-order valence-corrected chi connectivity index (χ3v) is 3.86. The van der Waals surface area contributed by atoms with E-state index < -0.39 is 17.0 Å². The Morgan fingerprint density at radius 3 is 2.19 bits per heavy atom. The monoisotopic (exact) mass is 294 g/mol. The van der Waals surface area contributed by atoms with E-state index in [4.69, 9.17) is 0 Å². The third kappa shape index (κ3) is 3.55. The molecule has 2 rings (SSSR count). The fraction of sp³-hybridized carbons (Fsp3) is 0.529. The number of halogens is 2. The van der Waals surface area contributed by atoms with Gasteiger partial charge in [0.15, 0.2) is 17.4 Å². The average Bonchev–Trinajstić information content (AvgIpc) is 3.13. The second-order valence-corrected chi connectivity index (χ2v) is 7.09. The second kappa shape index (κ2) is 5.32. The van der Waals surface area contributed by atoms with E-state index in [9.17, 15) is 18.4 Å². The summed E-state index contributed by atoms with van der Waals surface area (Å²) in [4.78, 5) is 24.7. The molecule has 0 heterocycles. The van der Waals surface area contributed by atoms with Gasteiger partial charge in [0.25, 0.3) is 0 Å². The molecule has 114 valence electrons. The van der Waals surface area contributed by atoms with E-state index in [1.54, 1.807) is 0 Å². The molecule has 1 aromatic carbocycles. The van der Waals surface area contributed by atoms with Gasteiger partial charge >= 0.3 is 0 Å². The Balaban J connectivity index is 2.09. The van der Waals surface area contributed by atoms with Crippen molar-refractivity contribution in [2.45, 2.75) is 46.5 Å². The summed E-state index contributed by atoms with van der Waals surface area (Å²) in [6.45, 7) is 5.88. The van der Waals surface area contributed by atoms with Crippen LogP contribution in [0.3, 0.4) is 0 Å². The van der Waals surface area contributed by atoms with Crippen molar-refractivity contribution < 1.29 is 18.4 Å². The minimum atomic E-state index is -0.967. The maximum Gasteiger partial charge on any atom is 0.159 e. The maximum absolute atomic E-state index is 13.2.